The summed E-state index contributed by atoms with van der Waals surface area (Å²) >= 11 is 0. The highest BCUT2D eigenvalue weighted by Crippen LogP contribution is 2.31. The number of nitrogens with one attached hydrogen (secondary N) is 2. The van der Waals surface area contributed by atoms with Gasteiger partial charge in [-0.15, -0.1) is 0 Å². The molecule has 4 aromatic rings. The molecule has 2 aliphatic rings. The van der Waals surface area contributed by atoms with Gasteiger partial charge in [-0.3, -0.25) is 4.90 Å². The van der Waals surface area contributed by atoms with E-state index in [1.165, 1.54) is 13.3 Å². The number of urea groups is 1. The zero-order valence-electron chi connectivity index (χ0n) is 25.7. The van der Waals surface area contributed by atoms with Crippen molar-refractivity contribution in [2.24, 2.45) is 0 Å². The molecule has 14 heteroatoms. The molecule has 6 rings (SSSR count). The van der Waals surface area contributed by atoms with Crippen LogP contribution in [0.4, 0.5) is 22.5 Å². The molecule has 46 heavy (non-hydrogen) atoms. The number of methoxy groups -OCH3 is 1. The lowest BCUT2D eigenvalue weighted by molar-refractivity contribution is 0.0305. The second-order valence-corrected chi connectivity index (χ2v) is 11.8. The molecule has 0 radical (unpaired) electrons. The lowest BCUT2D eigenvalue weighted by Crippen LogP contribution is -2.60. The molecule has 236 valence electrons. The molecule has 3 aromatic heterocycles. The number of carbonyl (C=O) groups is 1. The molecule has 2 amide bonds. The molecule has 0 bridgehead atoms. The Morgan fingerprint density at radius 1 is 1.02 bits per heavy atom. The summed E-state index contributed by atoms with van der Waals surface area (Å²) in [6, 6.07) is 11.8. The SMILES string of the molecule is COc1ncc(-c2cnc(N(C(=O)NCc3ccccc3)C3CCC(Nc4ncc(C#N)c(N5CC(C)(O)C5)n4)CC3)nc2)cn1. The Morgan fingerprint density at radius 3 is 2.28 bits per heavy atom. The van der Waals surface area contributed by atoms with Gasteiger partial charge in [-0.05, 0) is 38.2 Å². The Balaban J connectivity index is 1.15. The van der Waals surface area contributed by atoms with E-state index in [0.29, 0.717) is 61.3 Å². The van der Waals surface area contributed by atoms with Crippen LogP contribution in [0.2, 0.25) is 0 Å². The third-order valence-corrected chi connectivity index (χ3v) is 8.15. The minimum absolute atomic E-state index is 0.0733. The van der Waals surface area contributed by atoms with Gasteiger partial charge in [-0.25, -0.2) is 29.7 Å². The maximum atomic E-state index is 13.7. The average Bonchev–Trinajstić information content (AvgIpc) is 3.08. The standard InChI is InChI=1S/C32H35N11O3/c1-32(45)19-42(20-32)27-22(12-33)14-34-28(41-27)40-25-8-10-26(11-9-25)43(31(44)39-13-21-6-4-3-5-7-21)29-35-15-23(16-36-29)24-17-37-30(46-2)38-18-24/h3-7,14-18,25-26,45H,8-11,13,19-20H2,1-2H3,(H,39,44)(H,34,40,41). The van der Waals surface area contributed by atoms with E-state index >= 15 is 0 Å². The Bertz CT molecular complexity index is 1680. The van der Waals surface area contributed by atoms with Crippen LogP contribution in [-0.2, 0) is 6.54 Å². The van der Waals surface area contributed by atoms with Crippen molar-refractivity contribution in [2.75, 3.05) is 35.3 Å². The number of amides is 2. The van der Waals surface area contributed by atoms with Crippen molar-refractivity contribution in [2.45, 2.75) is 56.8 Å². The first-order valence-electron chi connectivity index (χ1n) is 15.1. The highest BCUT2D eigenvalue weighted by atomic mass is 16.5. The third-order valence-electron chi connectivity index (χ3n) is 8.15. The van der Waals surface area contributed by atoms with Crippen LogP contribution < -0.4 is 25.2 Å². The number of β-amino-alcohol motifs (C(OH)–C–C–N with tert-alkyl or cyclic N) is 1. The zero-order chi connectivity index (χ0) is 32.1. The lowest BCUT2D eigenvalue weighted by Gasteiger charge is -2.45. The van der Waals surface area contributed by atoms with Crippen LogP contribution in [0.25, 0.3) is 11.1 Å². The van der Waals surface area contributed by atoms with E-state index in [9.17, 15) is 15.2 Å². The number of ether oxygens (including phenoxy) is 1. The summed E-state index contributed by atoms with van der Waals surface area (Å²) in [5.41, 5.74) is 2.01. The number of benzene rings is 1. The molecule has 1 aromatic carbocycles. The fraction of sp³-hybridized carbons (Fsp3) is 0.375. The van der Waals surface area contributed by atoms with Crippen LogP contribution in [0.3, 0.4) is 0 Å². The van der Waals surface area contributed by atoms with Gasteiger partial charge >= 0.3 is 12.0 Å². The van der Waals surface area contributed by atoms with Gasteiger partial charge in [0.05, 0.1) is 18.9 Å². The molecule has 1 saturated heterocycles. The molecule has 4 heterocycles. The van der Waals surface area contributed by atoms with E-state index in [-0.39, 0.29) is 24.1 Å². The Kier molecular flexibility index (Phi) is 8.84. The average molecular weight is 622 g/mol. The Labute approximate surface area is 266 Å². The summed E-state index contributed by atoms with van der Waals surface area (Å²) in [7, 11) is 1.51. The minimum Gasteiger partial charge on any atom is -0.467 e. The number of hydrogen-bond donors (Lipinski definition) is 3. The summed E-state index contributed by atoms with van der Waals surface area (Å²) in [5, 5.41) is 26.2. The van der Waals surface area contributed by atoms with Crippen LogP contribution in [0, 0.1) is 11.3 Å². The van der Waals surface area contributed by atoms with Gasteiger partial charge in [0, 0.05) is 67.6 Å². The van der Waals surface area contributed by atoms with Crippen molar-refractivity contribution in [1.82, 2.24) is 35.2 Å². The molecule has 1 aliphatic heterocycles. The maximum absolute atomic E-state index is 13.7. The molecule has 0 spiro atoms. The zero-order valence-corrected chi connectivity index (χ0v) is 25.7. The molecule has 1 aliphatic carbocycles. The summed E-state index contributed by atoms with van der Waals surface area (Å²) in [6.07, 6.45) is 11.0. The molecule has 3 N–H and O–H groups in total. The van der Waals surface area contributed by atoms with Gasteiger partial charge in [0.15, 0.2) is 5.82 Å². The number of nitriles is 1. The molecule has 14 nitrogen and oxygen atoms in total. The maximum Gasteiger partial charge on any atom is 0.324 e. The number of rotatable bonds is 9. The van der Waals surface area contributed by atoms with Gasteiger partial charge in [-0.2, -0.15) is 10.2 Å². The summed E-state index contributed by atoms with van der Waals surface area (Å²) in [4.78, 5) is 43.7. The van der Waals surface area contributed by atoms with Crippen molar-refractivity contribution >= 4 is 23.7 Å². The molecular formula is C32H35N11O3. The van der Waals surface area contributed by atoms with Crippen molar-refractivity contribution in [3.05, 3.63) is 72.4 Å². The van der Waals surface area contributed by atoms with Gasteiger partial charge < -0.3 is 25.4 Å². The van der Waals surface area contributed by atoms with Gasteiger partial charge in [0.1, 0.15) is 11.6 Å². The first-order chi connectivity index (χ1) is 22.3. The van der Waals surface area contributed by atoms with Crippen molar-refractivity contribution in [3.8, 4) is 23.2 Å². The van der Waals surface area contributed by atoms with Gasteiger partial charge in [-0.1, -0.05) is 30.3 Å². The topological polar surface area (TPSA) is 178 Å². The number of aromatic nitrogens is 6. The summed E-state index contributed by atoms with van der Waals surface area (Å²) < 4.78 is 5.04. The number of anilines is 3. The normalized spacial score (nSPS) is 18.5. The molecule has 0 atom stereocenters. The van der Waals surface area contributed by atoms with Gasteiger partial charge in [0.25, 0.3) is 0 Å². The lowest BCUT2D eigenvalue weighted by atomic mass is 9.90. The number of nitrogens with zero attached hydrogens (tertiary/aromatic N) is 9. The van der Waals surface area contributed by atoms with E-state index in [1.807, 2.05) is 35.2 Å². The van der Waals surface area contributed by atoms with Crippen molar-refractivity contribution in [3.63, 3.8) is 0 Å². The Hall–Kier alpha value is -5.42. The smallest absolute Gasteiger partial charge is 0.324 e. The van der Waals surface area contributed by atoms with E-state index in [1.54, 1.807) is 36.6 Å². The van der Waals surface area contributed by atoms with Crippen LogP contribution in [0.1, 0.15) is 43.7 Å². The van der Waals surface area contributed by atoms with Crippen LogP contribution >= 0.6 is 0 Å². The predicted octanol–water partition coefficient (Wildman–Crippen LogP) is 3.31. The first-order valence-corrected chi connectivity index (χ1v) is 15.1. The second kappa shape index (κ2) is 13.3. The van der Waals surface area contributed by atoms with Crippen molar-refractivity contribution < 1.29 is 14.6 Å². The van der Waals surface area contributed by atoms with E-state index in [2.05, 4.69) is 46.6 Å². The highest BCUT2D eigenvalue weighted by molar-refractivity contribution is 5.90. The van der Waals surface area contributed by atoms with Crippen LogP contribution in [-0.4, -0.2) is 78.9 Å². The first kappa shape index (κ1) is 30.6. The largest absolute Gasteiger partial charge is 0.467 e. The fourth-order valence-electron chi connectivity index (χ4n) is 5.79. The summed E-state index contributed by atoms with van der Waals surface area (Å²) in [5.74, 6) is 1.26. The van der Waals surface area contributed by atoms with Crippen LogP contribution in [0.5, 0.6) is 6.01 Å². The molecular weight excluding hydrogens is 586 g/mol. The molecule has 2 fully saturated rings. The molecule has 0 unspecified atom stereocenters. The fourth-order valence-corrected chi connectivity index (χ4v) is 5.79. The second-order valence-electron chi connectivity index (χ2n) is 11.8. The number of aliphatic hydroxyl groups is 1. The van der Waals surface area contributed by atoms with Crippen molar-refractivity contribution in [1.29, 1.82) is 5.26 Å². The van der Waals surface area contributed by atoms with E-state index in [4.69, 9.17) is 4.74 Å². The minimum atomic E-state index is -0.795. The van der Waals surface area contributed by atoms with Crippen LogP contribution in [0.15, 0.2) is 61.3 Å². The summed E-state index contributed by atoms with van der Waals surface area (Å²) in [6.45, 7) is 2.94. The van der Waals surface area contributed by atoms with E-state index in [0.717, 1.165) is 24.0 Å². The van der Waals surface area contributed by atoms with E-state index < -0.39 is 5.60 Å². The number of hydrogen-bond acceptors (Lipinski definition) is 12. The number of carbonyl (C=O) groups excluding carboxylic acids is 1. The monoisotopic (exact) mass is 621 g/mol. The quantitative estimate of drug-likeness (QED) is 0.249. The predicted molar refractivity (Wildman–Crippen MR) is 170 cm³/mol. The van der Waals surface area contributed by atoms with Gasteiger partial charge in [0.2, 0.25) is 11.9 Å². The third kappa shape index (κ3) is 6.94. The molecule has 1 saturated carbocycles. The highest BCUT2D eigenvalue weighted by Gasteiger charge is 2.39. The Morgan fingerprint density at radius 2 is 1.67 bits per heavy atom.